The summed E-state index contributed by atoms with van der Waals surface area (Å²) in [6.45, 7) is 10.1. The highest BCUT2D eigenvalue weighted by atomic mass is 32.2. The molecule has 0 fully saturated rings. The Hall–Kier alpha value is -0.920. The smallest absolute Gasteiger partial charge is 0.246 e. The van der Waals surface area contributed by atoms with Crippen LogP contribution in [0.15, 0.2) is 4.90 Å². The summed E-state index contributed by atoms with van der Waals surface area (Å²) in [7, 11) is -3.48. The van der Waals surface area contributed by atoms with Gasteiger partial charge >= 0.3 is 0 Å². The topological polar surface area (TPSA) is 78.1 Å². The Balaban J connectivity index is 3.03. The molecule has 2 N–H and O–H groups in total. The molecule has 0 saturated carbocycles. The van der Waals surface area contributed by atoms with Crippen molar-refractivity contribution < 1.29 is 8.42 Å². The Morgan fingerprint density at radius 3 is 2.52 bits per heavy atom. The molecule has 0 bridgehead atoms. The standard InChI is InChI=1S/C14H28N4O2S/c1-5-8-10-18(7-3)21(19,20)14-12(4)16-17-13(14)11-15-9-6-2/h15H,5-11H2,1-4H3,(H,16,17). The number of unbranched alkanes of at least 4 members (excludes halogenated alkanes) is 1. The molecule has 122 valence electrons. The highest BCUT2D eigenvalue weighted by Gasteiger charge is 2.29. The van der Waals surface area contributed by atoms with Crippen molar-refractivity contribution in [1.82, 2.24) is 19.8 Å². The van der Waals surface area contributed by atoms with Crippen LogP contribution in [0.4, 0.5) is 0 Å². The Morgan fingerprint density at radius 1 is 1.24 bits per heavy atom. The molecule has 6 nitrogen and oxygen atoms in total. The van der Waals surface area contributed by atoms with Gasteiger partial charge in [0.2, 0.25) is 10.0 Å². The maximum Gasteiger partial charge on any atom is 0.246 e. The summed E-state index contributed by atoms with van der Waals surface area (Å²) in [6, 6.07) is 0. The molecule has 7 heteroatoms. The molecular formula is C14H28N4O2S. The number of rotatable bonds is 10. The van der Waals surface area contributed by atoms with E-state index in [1.807, 2.05) is 6.92 Å². The monoisotopic (exact) mass is 316 g/mol. The normalized spacial score (nSPS) is 12.2. The number of nitrogens with one attached hydrogen (secondary N) is 2. The van der Waals surface area contributed by atoms with Crippen molar-refractivity contribution >= 4 is 10.0 Å². The predicted octanol–water partition coefficient (Wildman–Crippen LogP) is 2.03. The number of nitrogens with zero attached hydrogens (tertiary/aromatic N) is 2. The van der Waals surface area contributed by atoms with Crippen molar-refractivity contribution in [1.29, 1.82) is 0 Å². The molecule has 0 unspecified atom stereocenters. The van der Waals surface area contributed by atoms with E-state index in [1.54, 1.807) is 6.92 Å². The van der Waals surface area contributed by atoms with Crippen LogP contribution in [0.5, 0.6) is 0 Å². The average molecular weight is 316 g/mol. The third-order valence-electron chi connectivity index (χ3n) is 3.39. The summed E-state index contributed by atoms with van der Waals surface area (Å²) in [6.07, 6.45) is 2.85. The summed E-state index contributed by atoms with van der Waals surface area (Å²) in [5.41, 5.74) is 1.19. The summed E-state index contributed by atoms with van der Waals surface area (Å²) in [5, 5.41) is 10.2. The van der Waals surface area contributed by atoms with Gasteiger partial charge in [0.25, 0.3) is 0 Å². The van der Waals surface area contributed by atoms with Crippen molar-refractivity contribution in [3.63, 3.8) is 0 Å². The van der Waals surface area contributed by atoms with Crippen molar-refractivity contribution in [2.45, 2.75) is 58.4 Å². The highest BCUT2D eigenvalue weighted by Crippen LogP contribution is 2.22. The molecule has 21 heavy (non-hydrogen) atoms. The zero-order valence-electron chi connectivity index (χ0n) is 13.6. The van der Waals surface area contributed by atoms with E-state index >= 15 is 0 Å². The molecule has 1 rings (SSSR count). The number of aryl methyl sites for hydroxylation is 1. The van der Waals surface area contributed by atoms with Gasteiger partial charge in [-0.2, -0.15) is 9.40 Å². The first kappa shape index (κ1) is 18.1. The lowest BCUT2D eigenvalue weighted by molar-refractivity contribution is 0.418. The molecule has 1 aromatic rings. The van der Waals surface area contributed by atoms with Crippen LogP contribution in [-0.2, 0) is 16.6 Å². The van der Waals surface area contributed by atoms with Gasteiger partial charge in [0.15, 0.2) is 0 Å². The summed E-state index contributed by atoms with van der Waals surface area (Å²) < 4.78 is 27.2. The van der Waals surface area contributed by atoms with Crippen LogP contribution in [0.25, 0.3) is 0 Å². The number of aromatic nitrogens is 2. The van der Waals surface area contributed by atoms with Gasteiger partial charge < -0.3 is 5.32 Å². The summed E-state index contributed by atoms with van der Waals surface area (Å²) in [4.78, 5) is 0.337. The minimum atomic E-state index is -3.48. The van der Waals surface area contributed by atoms with Gasteiger partial charge in [-0.15, -0.1) is 0 Å². The number of H-pyrrole nitrogens is 1. The minimum Gasteiger partial charge on any atom is -0.311 e. The average Bonchev–Trinajstić information content (AvgIpc) is 2.81. The zero-order chi connectivity index (χ0) is 15.9. The van der Waals surface area contributed by atoms with Crippen LogP contribution in [0.3, 0.4) is 0 Å². The molecule has 0 spiro atoms. The fraction of sp³-hybridized carbons (Fsp3) is 0.786. The number of hydrogen-bond donors (Lipinski definition) is 2. The maximum atomic E-state index is 12.8. The van der Waals surface area contributed by atoms with Crippen LogP contribution in [0.2, 0.25) is 0 Å². The second kappa shape index (κ2) is 8.51. The van der Waals surface area contributed by atoms with E-state index in [9.17, 15) is 8.42 Å². The predicted molar refractivity (Wildman–Crippen MR) is 84.7 cm³/mol. The number of sulfonamides is 1. The molecule has 0 atom stereocenters. The largest absolute Gasteiger partial charge is 0.311 e. The molecule has 0 aliphatic rings. The van der Waals surface area contributed by atoms with E-state index < -0.39 is 10.0 Å². The van der Waals surface area contributed by atoms with Gasteiger partial charge in [0, 0.05) is 19.6 Å². The van der Waals surface area contributed by atoms with Crippen LogP contribution in [-0.4, -0.2) is 42.6 Å². The molecule has 0 saturated heterocycles. The summed E-state index contributed by atoms with van der Waals surface area (Å²) in [5.74, 6) is 0. The van der Waals surface area contributed by atoms with E-state index in [0.717, 1.165) is 25.8 Å². The van der Waals surface area contributed by atoms with Gasteiger partial charge in [-0.25, -0.2) is 8.42 Å². The lowest BCUT2D eigenvalue weighted by Gasteiger charge is -2.20. The summed E-state index contributed by atoms with van der Waals surface area (Å²) >= 11 is 0. The number of aromatic amines is 1. The quantitative estimate of drug-likeness (QED) is 0.647. The fourth-order valence-electron chi connectivity index (χ4n) is 2.23. The second-order valence-corrected chi connectivity index (χ2v) is 7.03. The fourth-order valence-corrected chi connectivity index (χ4v) is 4.04. The zero-order valence-corrected chi connectivity index (χ0v) is 14.4. The first-order valence-corrected chi connectivity index (χ1v) is 9.17. The Kier molecular flexibility index (Phi) is 7.34. The maximum absolute atomic E-state index is 12.8. The van der Waals surface area contributed by atoms with Crippen LogP contribution in [0.1, 0.15) is 51.4 Å². The molecule has 0 aliphatic carbocycles. The van der Waals surface area contributed by atoms with E-state index in [-0.39, 0.29) is 0 Å². The van der Waals surface area contributed by atoms with Gasteiger partial charge in [-0.3, -0.25) is 5.10 Å². The molecule has 1 heterocycles. The molecular weight excluding hydrogens is 288 g/mol. The Labute approximate surface area is 128 Å². The molecule has 0 radical (unpaired) electrons. The van der Waals surface area contributed by atoms with Crippen LogP contribution < -0.4 is 5.32 Å². The Bertz CT molecular complexity index is 525. The molecule has 1 aromatic heterocycles. The lowest BCUT2D eigenvalue weighted by atomic mass is 10.3. The van der Waals surface area contributed by atoms with E-state index in [1.165, 1.54) is 4.31 Å². The molecule has 0 amide bonds. The van der Waals surface area contributed by atoms with Crippen molar-refractivity contribution in [3.05, 3.63) is 11.4 Å². The highest BCUT2D eigenvalue weighted by molar-refractivity contribution is 7.89. The van der Waals surface area contributed by atoms with E-state index in [2.05, 4.69) is 29.4 Å². The van der Waals surface area contributed by atoms with Crippen molar-refractivity contribution in [2.24, 2.45) is 0 Å². The van der Waals surface area contributed by atoms with Gasteiger partial charge in [0.05, 0.1) is 11.4 Å². The van der Waals surface area contributed by atoms with Crippen molar-refractivity contribution in [2.75, 3.05) is 19.6 Å². The second-order valence-electron chi connectivity index (χ2n) is 5.15. The SMILES string of the molecule is CCCCN(CC)S(=O)(=O)c1c(CNCCC)n[nH]c1C. The lowest BCUT2D eigenvalue weighted by Crippen LogP contribution is -2.33. The third kappa shape index (κ3) is 4.52. The first-order chi connectivity index (χ1) is 9.98. The molecule has 0 aliphatic heterocycles. The minimum absolute atomic E-state index is 0.337. The van der Waals surface area contributed by atoms with Crippen LogP contribution in [0, 0.1) is 6.92 Å². The third-order valence-corrected chi connectivity index (χ3v) is 5.57. The van der Waals surface area contributed by atoms with Gasteiger partial charge in [-0.05, 0) is 26.3 Å². The molecule has 0 aromatic carbocycles. The van der Waals surface area contributed by atoms with Gasteiger partial charge in [0.1, 0.15) is 4.90 Å². The number of hydrogen-bond acceptors (Lipinski definition) is 4. The van der Waals surface area contributed by atoms with E-state index in [0.29, 0.717) is 35.9 Å². The first-order valence-electron chi connectivity index (χ1n) is 7.73. The van der Waals surface area contributed by atoms with Crippen molar-refractivity contribution in [3.8, 4) is 0 Å². The van der Waals surface area contributed by atoms with E-state index in [4.69, 9.17) is 0 Å². The van der Waals surface area contributed by atoms with Crippen LogP contribution >= 0.6 is 0 Å². The van der Waals surface area contributed by atoms with Gasteiger partial charge in [-0.1, -0.05) is 27.2 Å². The Morgan fingerprint density at radius 2 is 1.95 bits per heavy atom.